The summed E-state index contributed by atoms with van der Waals surface area (Å²) in [6, 6.07) is 19.3. The van der Waals surface area contributed by atoms with E-state index >= 15 is 0 Å². The predicted octanol–water partition coefficient (Wildman–Crippen LogP) is 3.53. The van der Waals surface area contributed by atoms with E-state index < -0.39 is 25.8 Å². The first-order valence-electron chi connectivity index (χ1n) is 11.8. The number of carbonyl (C=O) groups excluding carboxylic acids is 1. The standard InChI is InChI=1S/C26H24N4O6S2/c1-2-37(32,33)22-11-9-20(10-12-22)25-28-29-26(36-25)27-24(31)19-7-13-23(14-8-19)38(34,35)30-16-15-18-5-3-4-6-21(18)17-30/h3-14H,2,15-17H2,1H3,(H,27,29,31). The van der Waals surface area contributed by atoms with E-state index in [0.717, 1.165) is 11.1 Å². The van der Waals surface area contributed by atoms with Gasteiger partial charge in [0, 0.05) is 24.2 Å². The maximum Gasteiger partial charge on any atom is 0.322 e. The van der Waals surface area contributed by atoms with Gasteiger partial charge in [-0.2, -0.15) is 4.31 Å². The zero-order valence-electron chi connectivity index (χ0n) is 20.4. The number of amides is 1. The van der Waals surface area contributed by atoms with Gasteiger partial charge >= 0.3 is 6.01 Å². The summed E-state index contributed by atoms with van der Waals surface area (Å²) >= 11 is 0. The van der Waals surface area contributed by atoms with Crippen molar-refractivity contribution in [2.75, 3.05) is 17.6 Å². The second-order valence-electron chi connectivity index (χ2n) is 8.68. The molecule has 0 saturated carbocycles. The van der Waals surface area contributed by atoms with E-state index in [9.17, 15) is 21.6 Å². The SMILES string of the molecule is CCS(=O)(=O)c1ccc(-c2nnc(NC(=O)c3ccc(S(=O)(=O)N4CCc5ccccc5C4)cc3)o2)cc1. The van der Waals surface area contributed by atoms with Crippen LogP contribution < -0.4 is 5.32 Å². The minimum atomic E-state index is -3.72. The number of rotatable bonds is 7. The van der Waals surface area contributed by atoms with Gasteiger partial charge in [0.2, 0.25) is 15.9 Å². The van der Waals surface area contributed by atoms with Gasteiger partial charge in [0.25, 0.3) is 5.91 Å². The lowest BCUT2D eigenvalue weighted by atomic mass is 10.0. The van der Waals surface area contributed by atoms with Crippen molar-refractivity contribution in [3.63, 3.8) is 0 Å². The fraction of sp³-hybridized carbons (Fsp3) is 0.192. The normalized spacial score (nSPS) is 14.1. The monoisotopic (exact) mass is 552 g/mol. The Bertz CT molecular complexity index is 1700. The van der Waals surface area contributed by atoms with Crippen molar-refractivity contribution in [3.05, 3.63) is 89.5 Å². The molecule has 5 rings (SSSR count). The maximum absolute atomic E-state index is 13.2. The highest BCUT2D eigenvalue weighted by Crippen LogP contribution is 2.26. The lowest BCUT2D eigenvalue weighted by Gasteiger charge is -2.28. The minimum Gasteiger partial charge on any atom is -0.403 e. The van der Waals surface area contributed by atoms with Crippen molar-refractivity contribution >= 4 is 31.8 Å². The first-order chi connectivity index (χ1) is 18.2. The Hall–Kier alpha value is -3.87. The summed E-state index contributed by atoms with van der Waals surface area (Å²) in [4.78, 5) is 13.0. The number of sulfonamides is 1. The Labute approximate surface area is 220 Å². The molecule has 0 saturated heterocycles. The van der Waals surface area contributed by atoms with Crippen molar-refractivity contribution in [2.45, 2.75) is 29.7 Å². The molecule has 12 heteroatoms. The number of fused-ring (bicyclic) bond motifs is 1. The summed E-state index contributed by atoms with van der Waals surface area (Å²) < 4.78 is 57.2. The molecule has 10 nitrogen and oxygen atoms in total. The number of anilines is 1. The molecule has 0 atom stereocenters. The van der Waals surface area contributed by atoms with E-state index in [1.165, 1.54) is 40.7 Å². The van der Waals surface area contributed by atoms with Crippen LogP contribution in [0.25, 0.3) is 11.5 Å². The van der Waals surface area contributed by atoms with Crippen molar-refractivity contribution in [2.24, 2.45) is 0 Å². The van der Waals surface area contributed by atoms with Crippen LogP contribution in [0.15, 0.2) is 87.0 Å². The van der Waals surface area contributed by atoms with Crippen LogP contribution >= 0.6 is 0 Å². The second kappa shape index (κ2) is 10.1. The van der Waals surface area contributed by atoms with Gasteiger partial charge in [-0.1, -0.05) is 36.3 Å². The van der Waals surface area contributed by atoms with Crippen LogP contribution in [-0.4, -0.2) is 49.5 Å². The topological polar surface area (TPSA) is 140 Å². The molecule has 0 fully saturated rings. The van der Waals surface area contributed by atoms with Crippen molar-refractivity contribution in [1.82, 2.24) is 14.5 Å². The lowest BCUT2D eigenvalue weighted by molar-refractivity contribution is 0.102. The molecule has 0 bridgehead atoms. The molecule has 1 aliphatic heterocycles. The number of nitrogens with zero attached hydrogens (tertiary/aromatic N) is 3. The number of sulfone groups is 1. The van der Waals surface area contributed by atoms with E-state index in [0.29, 0.717) is 25.1 Å². The third-order valence-corrected chi connectivity index (χ3v) is 9.95. The molecule has 1 amide bonds. The number of hydrogen-bond acceptors (Lipinski definition) is 8. The summed E-state index contributed by atoms with van der Waals surface area (Å²) in [5, 5.41) is 10.2. The lowest BCUT2D eigenvalue weighted by Crippen LogP contribution is -2.35. The van der Waals surface area contributed by atoms with Crippen LogP contribution in [0.5, 0.6) is 0 Å². The number of aromatic nitrogens is 2. The largest absolute Gasteiger partial charge is 0.403 e. The predicted molar refractivity (Wildman–Crippen MR) is 140 cm³/mol. The summed E-state index contributed by atoms with van der Waals surface area (Å²) in [6.45, 7) is 2.26. The quantitative estimate of drug-likeness (QED) is 0.367. The molecule has 0 spiro atoms. The molecule has 1 aliphatic rings. The summed E-state index contributed by atoms with van der Waals surface area (Å²) in [5.74, 6) is -0.464. The number of hydrogen-bond donors (Lipinski definition) is 1. The van der Waals surface area contributed by atoms with Crippen molar-refractivity contribution in [3.8, 4) is 11.5 Å². The molecule has 0 aliphatic carbocycles. The molecule has 3 aromatic carbocycles. The molecule has 1 N–H and O–H groups in total. The van der Waals surface area contributed by atoms with Crippen LogP contribution in [0.2, 0.25) is 0 Å². The first kappa shape index (κ1) is 25.8. The first-order valence-corrected chi connectivity index (χ1v) is 14.9. The van der Waals surface area contributed by atoms with Gasteiger partial charge in [-0.15, -0.1) is 5.10 Å². The van der Waals surface area contributed by atoms with E-state index in [1.54, 1.807) is 19.1 Å². The second-order valence-corrected chi connectivity index (χ2v) is 12.9. The van der Waals surface area contributed by atoms with Crippen LogP contribution in [0.1, 0.15) is 28.4 Å². The third-order valence-electron chi connectivity index (χ3n) is 6.34. The Morgan fingerprint density at radius 2 is 1.55 bits per heavy atom. The van der Waals surface area contributed by atoms with Crippen LogP contribution in [-0.2, 0) is 32.8 Å². The Morgan fingerprint density at radius 1 is 0.895 bits per heavy atom. The van der Waals surface area contributed by atoms with Gasteiger partial charge in [0.1, 0.15) is 0 Å². The molecule has 196 valence electrons. The summed E-state index contributed by atoms with van der Waals surface area (Å²) in [7, 11) is -7.06. The Balaban J connectivity index is 1.26. The number of nitrogens with one attached hydrogen (secondary N) is 1. The highest BCUT2D eigenvalue weighted by molar-refractivity contribution is 7.91. The molecule has 0 unspecified atom stereocenters. The summed E-state index contributed by atoms with van der Waals surface area (Å²) in [5.41, 5.74) is 2.83. The van der Waals surface area contributed by atoms with E-state index in [2.05, 4.69) is 15.5 Å². The molecule has 2 heterocycles. The van der Waals surface area contributed by atoms with E-state index in [-0.39, 0.29) is 33.0 Å². The number of benzene rings is 3. The van der Waals surface area contributed by atoms with Gasteiger partial charge in [-0.25, -0.2) is 16.8 Å². The Morgan fingerprint density at radius 3 is 2.24 bits per heavy atom. The Kier molecular flexibility index (Phi) is 6.86. The van der Waals surface area contributed by atoms with Crippen molar-refractivity contribution < 1.29 is 26.0 Å². The van der Waals surface area contributed by atoms with Gasteiger partial charge in [-0.3, -0.25) is 10.1 Å². The molecule has 0 radical (unpaired) electrons. The fourth-order valence-corrected chi connectivity index (χ4v) is 6.44. The molecular weight excluding hydrogens is 528 g/mol. The van der Waals surface area contributed by atoms with E-state index in [4.69, 9.17) is 4.42 Å². The number of carbonyl (C=O) groups is 1. The third kappa shape index (κ3) is 5.10. The van der Waals surface area contributed by atoms with Crippen LogP contribution in [0, 0.1) is 0 Å². The molecule has 1 aromatic heterocycles. The minimum absolute atomic E-state index is 0.0111. The van der Waals surface area contributed by atoms with Crippen LogP contribution in [0.4, 0.5) is 6.01 Å². The fourth-order valence-electron chi connectivity index (χ4n) is 4.13. The van der Waals surface area contributed by atoms with Crippen LogP contribution in [0.3, 0.4) is 0 Å². The zero-order chi connectivity index (χ0) is 26.9. The smallest absolute Gasteiger partial charge is 0.322 e. The zero-order valence-corrected chi connectivity index (χ0v) is 22.0. The van der Waals surface area contributed by atoms with E-state index in [1.807, 2.05) is 24.3 Å². The highest BCUT2D eigenvalue weighted by atomic mass is 32.2. The molecule has 38 heavy (non-hydrogen) atoms. The average molecular weight is 553 g/mol. The van der Waals surface area contributed by atoms with Gasteiger partial charge < -0.3 is 4.42 Å². The highest BCUT2D eigenvalue weighted by Gasteiger charge is 2.28. The van der Waals surface area contributed by atoms with Gasteiger partial charge in [0.15, 0.2) is 9.84 Å². The maximum atomic E-state index is 13.2. The average Bonchev–Trinajstić information content (AvgIpc) is 3.41. The molecular formula is C26H24N4O6S2. The molecule has 4 aromatic rings. The van der Waals surface area contributed by atoms with Crippen molar-refractivity contribution in [1.29, 1.82) is 0 Å². The van der Waals surface area contributed by atoms with Gasteiger partial charge in [0.05, 0.1) is 15.5 Å². The summed E-state index contributed by atoms with van der Waals surface area (Å²) in [6.07, 6.45) is 0.643. The van der Waals surface area contributed by atoms with Gasteiger partial charge in [-0.05, 0) is 66.1 Å².